The topological polar surface area (TPSA) is 84.2 Å². The van der Waals surface area contributed by atoms with E-state index in [0.717, 1.165) is 11.3 Å². The molecule has 0 bridgehead atoms. The van der Waals surface area contributed by atoms with Crippen LogP contribution in [-0.4, -0.2) is 55.6 Å². The number of rotatable bonds is 12. The molecule has 1 N–H and O–H groups in total. The summed E-state index contributed by atoms with van der Waals surface area (Å²) in [4.78, 5) is 30.0. The second-order valence-electron chi connectivity index (χ2n) is 9.48. The van der Waals surface area contributed by atoms with Crippen LogP contribution in [0.25, 0.3) is 0 Å². The van der Waals surface area contributed by atoms with Crippen molar-refractivity contribution >= 4 is 29.2 Å². The fraction of sp³-hybridized carbons (Fsp3) is 0.379. The van der Waals surface area contributed by atoms with Crippen LogP contribution >= 0.6 is 11.6 Å². The monoisotopic (exact) mass is 541 g/mol. The second kappa shape index (κ2) is 13.8. The lowest BCUT2D eigenvalue weighted by molar-refractivity contribution is -0.132. The van der Waals surface area contributed by atoms with E-state index < -0.39 is 0 Å². The lowest BCUT2D eigenvalue weighted by atomic mass is 10.1. The van der Waals surface area contributed by atoms with Crippen molar-refractivity contribution in [2.45, 2.75) is 33.7 Å². The van der Waals surface area contributed by atoms with Crippen molar-refractivity contribution < 1.29 is 23.5 Å². The highest BCUT2D eigenvalue weighted by Gasteiger charge is 2.23. The Morgan fingerprint density at radius 2 is 1.76 bits per heavy atom. The van der Waals surface area contributed by atoms with Crippen LogP contribution in [0.5, 0.6) is 11.5 Å². The molecular weight excluding hydrogens is 506 g/mol. The predicted octanol–water partition coefficient (Wildman–Crippen LogP) is 6.02. The third-order valence-electron chi connectivity index (χ3n) is 5.89. The predicted molar refractivity (Wildman–Crippen MR) is 149 cm³/mol. The number of aryl methyl sites for hydroxylation is 1. The van der Waals surface area contributed by atoms with Crippen molar-refractivity contribution in [1.82, 2.24) is 9.80 Å². The van der Waals surface area contributed by atoms with Crippen molar-refractivity contribution in [2.75, 3.05) is 39.2 Å². The lowest BCUT2D eigenvalue weighted by Crippen LogP contribution is -2.46. The van der Waals surface area contributed by atoms with Crippen molar-refractivity contribution in [3.8, 4) is 11.5 Å². The van der Waals surface area contributed by atoms with Gasteiger partial charge in [-0.05, 0) is 67.3 Å². The number of carbonyl (C=O) groups excluding carboxylic acids is 2. The van der Waals surface area contributed by atoms with Crippen LogP contribution < -0.4 is 14.8 Å². The van der Waals surface area contributed by atoms with Gasteiger partial charge in [0.25, 0.3) is 0 Å². The summed E-state index contributed by atoms with van der Waals surface area (Å²) in [6, 6.07) is 16.0. The number of furan rings is 1. The minimum atomic E-state index is -0.358. The molecule has 0 unspecified atom stereocenters. The van der Waals surface area contributed by atoms with Crippen molar-refractivity contribution in [1.29, 1.82) is 0 Å². The van der Waals surface area contributed by atoms with Crippen LogP contribution in [0.15, 0.2) is 59.0 Å². The lowest BCUT2D eigenvalue weighted by Gasteiger charge is -2.28. The standard InChI is InChI=1S/C29H36ClN3O5/c1-20(2)17-33(29(35)31-24-8-6-7-23(30)16-24)19-28(34)32(18-25-11-9-21(3)38-25)14-13-22-10-12-26(36-4)27(15-22)37-5/h6-12,15-16,20H,13-14,17-19H2,1-5H3,(H,31,35). The highest BCUT2D eigenvalue weighted by atomic mass is 35.5. The van der Waals surface area contributed by atoms with Crippen LogP contribution in [0.2, 0.25) is 5.02 Å². The molecule has 0 radical (unpaired) electrons. The molecule has 1 aromatic heterocycles. The second-order valence-corrected chi connectivity index (χ2v) is 9.92. The van der Waals surface area contributed by atoms with Gasteiger partial charge in [-0.25, -0.2) is 4.79 Å². The minimum absolute atomic E-state index is 0.0732. The van der Waals surface area contributed by atoms with Crippen molar-refractivity contribution in [3.05, 3.63) is 76.7 Å². The van der Waals surface area contributed by atoms with Gasteiger partial charge >= 0.3 is 6.03 Å². The van der Waals surface area contributed by atoms with E-state index in [9.17, 15) is 9.59 Å². The molecule has 0 atom stereocenters. The molecule has 9 heteroatoms. The fourth-order valence-electron chi connectivity index (χ4n) is 4.04. The molecule has 3 aromatic rings. The number of benzene rings is 2. The van der Waals surface area contributed by atoms with Gasteiger partial charge < -0.3 is 29.0 Å². The molecule has 3 rings (SSSR count). The number of carbonyl (C=O) groups is 2. The van der Waals surface area contributed by atoms with Crippen molar-refractivity contribution in [2.24, 2.45) is 5.92 Å². The zero-order valence-corrected chi connectivity index (χ0v) is 23.4. The molecular formula is C29H36ClN3O5. The van der Waals surface area contributed by atoms with E-state index in [1.807, 2.05) is 51.1 Å². The van der Waals surface area contributed by atoms with Gasteiger partial charge in [0.2, 0.25) is 5.91 Å². The highest BCUT2D eigenvalue weighted by Crippen LogP contribution is 2.28. The van der Waals surface area contributed by atoms with Crippen LogP contribution in [-0.2, 0) is 17.8 Å². The molecule has 38 heavy (non-hydrogen) atoms. The zero-order valence-electron chi connectivity index (χ0n) is 22.6. The first-order chi connectivity index (χ1) is 18.2. The number of nitrogens with zero attached hydrogens (tertiary/aromatic N) is 2. The summed E-state index contributed by atoms with van der Waals surface area (Å²) >= 11 is 6.07. The van der Waals surface area contributed by atoms with Crippen LogP contribution in [0.4, 0.5) is 10.5 Å². The van der Waals surface area contributed by atoms with Gasteiger partial charge in [0.1, 0.15) is 18.1 Å². The molecule has 3 amide bonds. The van der Waals surface area contributed by atoms with Crippen LogP contribution in [0.3, 0.4) is 0 Å². The Morgan fingerprint density at radius 1 is 1.00 bits per heavy atom. The van der Waals surface area contributed by atoms with E-state index in [0.29, 0.717) is 54.0 Å². The van der Waals surface area contributed by atoms with E-state index in [2.05, 4.69) is 5.32 Å². The van der Waals surface area contributed by atoms with Gasteiger partial charge in [0.05, 0.1) is 20.8 Å². The largest absolute Gasteiger partial charge is 0.493 e. The third kappa shape index (κ3) is 8.45. The van der Waals surface area contributed by atoms with E-state index >= 15 is 0 Å². The minimum Gasteiger partial charge on any atom is -0.493 e. The maximum atomic E-state index is 13.6. The maximum absolute atomic E-state index is 13.6. The third-order valence-corrected chi connectivity index (χ3v) is 6.12. The number of anilines is 1. The number of hydrogen-bond acceptors (Lipinski definition) is 5. The Morgan fingerprint density at radius 3 is 2.39 bits per heavy atom. The molecule has 0 saturated heterocycles. The first-order valence-corrected chi connectivity index (χ1v) is 12.9. The molecule has 0 aliphatic rings. The molecule has 0 saturated carbocycles. The summed E-state index contributed by atoms with van der Waals surface area (Å²) in [6.45, 7) is 6.95. The summed E-state index contributed by atoms with van der Waals surface area (Å²) in [5.41, 5.74) is 1.56. The van der Waals surface area contributed by atoms with E-state index in [1.54, 1.807) is 43.4 Å². The Balaban J connectivity index is 1.77. The molecule has 0 aliphatic carbocycles. The van der Waals surface area contributed by atoms with Gasteiger partial charge in [-0.15, -0.1) is 0 Å². The molecule has 204 valence electrons. The van der Waals surface area contributed by atoms with Gasteiger partial charge in [0, 0.05) is 23.8 Å². The van der Waals surface area contributed by atoms with Crippen molar-refractivity contribution in [3.63, 3.8) is 0 Å². The van der Waals surface area contributed by atoms with E-state index in [4.69, 9.17) is 25.5 Å². The van der Waals surface area contributed by atoms with Crippen LogP contribution in [0.1, 0.15) is 30.9 Å². The Labute approximate surface area is 229 Å². The average molecular weight is 542 g/mol. The zero-order chi connectivity index (χ0) is 27.7. The molecule has 1 heterocycles. The van der Waals surface area contributed by atoms with E-state index in [-0.39, 0.29) is 24.4 Å². The Bertz CT molecular complexity index is 1230. The number of hydrogen-bond donors (Lipinski definition) is 1. The number of ether oxygens (including phenoxy) is 2. The molecule has 0 fully saturated rings. The molecule has 0 spiro atoms. The summed E-state index contributed by atoms with van der Waals surface area (Å²) in [5.74, 6) is 2.72. The summed E-state index contributed by atoms with van der Waals surface area (Å²) < 4.78 is 16.5. The molecule has 2 aromatic carbocycles. The number of nitrogens with one attached hydrogen (secondary N) is 1. The SMILES string of the molecule is COc1ccc(CCN(Cc2ccc(C)o2)C(=O)CN(CC(C)C)C(=O)Nc2cccc(Cl)c2)cc1OC. The van der Waals surface area contributed by atoms with E-state index in [1.165, 1.54) is 4.90 Å². The first kappa shape index (κ1) is 28.9. The summed E-state index contributed by atoms with van der Waals surface area (Å²) in [7, 11) is 3.18. The summed E-state index contributed by atoms with van der Waals surface area (Å²) in [5, 5.41) is 3.37. The van der Waals surface area contributed by atoms with Gasteiger partial charge in [-0.1, -0.05) is 37.6 Å². The number of urea groups is 1. The first-order valence-electron chi connectivity index (χ1n) is 12.5. The van der Waals surface area contributed by atoms with Crippen LogP contribution in [0, 0.1) is 12.8 Å². The molecule has 8 nitrogen and oxygen atoms in total. The number of methoxy groups -OCH3 is 2. The Hall–Kier alpha value is -3.65. The fourth-order valence-corrected chi connectivity index (χ4v) is 4.23. The summed E-state index contributed by atoms with van der Waals surface area (Å²) in [6.07, 6.45) is 0.588. The number of amides is 3. The van der Waals surface area contributed by atoms with Gasteiger partial charge in [-0.3, -0.25) is 4.79 Å². The highest BCUT2D eigenvalue weighted by molar-refractivity contribution is 6.30. The quantitative estimate of drug-likeness (QED) is 0.303. The maximum Gasteiger partial charge on any atom is 0.322 e. The smallest absolute Gasteiger partial charge is 0.322 e. The number of halogens is 1. The van der Waals surface area contributed by atoms with Gasteiger partial charge in [0.15, 0.2) is 11.5 Å². The van der Waals surface area contributed by atoms with Gasteiger partial charge in [-0.2, -0.15) is 0 Å². The molecule has 0 aliphatic heterocycles. The Kier molecular flexibility index (Phi) is 10.5. The normalized spacial score (nSPS) is 10.8. The average Bonchev–Trinajstić information content (AvgIpc) is 3.29.